The van der Waals surface area contributed by atoms with Gasteiger partial charge in [0.2, 0.25) is 17.5 Å². The van der Waals surface area contributed by atoms with Gasteiger partial charge < -0.3 is 15.7 Å². The molecule has 0 radical (unpaired) electrons. The van der Waals surface area contributed by atoms with Crippen LogP contribution in [-0.2, 0) is 0 Å². The first kappa shape index (κ1) is 12.0. The fourth-order valence-electron chi connectivity index (χ4n) is 0.746. The third kappa shape index (κ3) is 3.59. The molecule has 0 bridgehead atoms. The summed E-state index contributed by atoms with van der Waals surface area (Å²) in [7, 11) is 0. The summed E-state index contributed by atoms with van der Waals surface area (Å²) in [5.41, 5.74) is 5.14. The van der Waals surface area contributed by atoms with Crippen molar-refractivity contribution < 1.29 is 23.1 Å². The summed E-state index contributed by atoms with van der Waals surface area (Å²) in [6, 6.07) is 1.12. The molecule has 0 spiro atoms. The van der Waals surface area contributed by atoms with Crippen LogP contribution in [-0.4, -0.2) is 33.8 Å². The molecule has 0 saturated heterocycles. The van der Waals surface area contributed by atoms with Gasteiger partial charge in [0.05, 0.1) is 0 Å². The quantitative estimate of drug-likeness (QED) is 0.345. The smallest absolute Gasteiger partial charge is 0.422 e. The lowest BCUT2D eigenvalue weighted by molar-refractivity contribution is -0.154. The summed E-state index contributed by atoms with van der Waals surface area (Å²) in [6.45, 7) is -1.47. The van der Waals surface area contributed by atoms with E-state index in [0.29, 0.717) is 0 Å². The lowest BCUT2D eigenvalue weighted by atomic mass is 10.5. The van der Waals surface area contributed by atoms with Gasteiger partial charge in [-0.15, -0.1) is 0 Å². The molecule has 0 aliphatic heterocycles. The lowest BCUT2D eigenvalue weighted by Gasteiger charge is -2.08. The second kappa shape index (κ2) is 4.64. The van der Waals surface area contributed by atoms with Crippen LogP contribution in [0.15, 0.2) is 17.4 Å². The lowest BCUT2D eigenvalue weighted by Crippen LogP contribution is -2.21. The van der Waals surface area contributed by atoms with Crippen molar-refractivity contribution in [1.29, 1.82) is 0 Å². The second-order valence-electron chi connectivity index (χ2n) is 2.61. The summed E-state index contributed by atoms with van der Waals surface area (Å²) < 4.78 is 39.8. The Balaban J connectivity index is 2.76. The van der Waals surface area contributed by atoms with Crippen LogP contribution in [0.4, 0.5) is 13.2 Å². The molecule has 0 atom stereocenters. The molecule has 3 N–H and O–H groups in total. The average molecular weight is 236 g/mol. The van der Waals surface area contributed by atoms with Crippen LogP contribution < -0.4 is 10.5 Å². The topological polar surface area (TPSA) is 93.6 Å². The number of aromatic nitrogens is 2. The van der Waals surface area contributed by atoms with Gasteiger partial charge in [-0.3, -0.25) is 0 Å². The zero-order valence-corrected chi connectivity index (χ0v) is 7.77. The second-order valence-corrected chi connectivity index (χ2v) is 2.61. The maximum Gasteiger partial charge on any atom is 0.422 e. The molecule has 1 aromatic heterocycles. The summed E-state index contributed by atoms with van der Waals surface area (Å²) in [5.74, 6) is -0.950. The largest absolute Gasteiger partial charge is 0.468 e. The van der Waals surface area contributed by atoms with Crippen molar-refractivity contribution in [1.82, 2.24) is 9.97 Å². The molecule has 0 fully saturated rings. The molecule has 0 saturated carbocycles. The van der Waals surface area contributed by atoms with Crippen molar-refractivity contribution in [3.8, 4) is 5.88 Å². The van der Waals surface area contributed by atoms with E-state index in [1.54, 1.807) is 0 Å². The van der Waals surface area contributed by atoms with E-state index in [1.165, 1.54) is 0 Å². The van der Waals surface area contributed by atoms with E-state index in [0.717, 1.165) is 12.3 Å². The Bertz CT molecular complexity index is 393. The van der Waals surface area contributed by atoms with Gasteiger partial charge in [0.1, 0.15) is 0 Å². The average Bonchev–Trinajstić information content (AvgIpc) is 2.25. The van der Waals surface area contributed by atoms with Crippen LogP contribution in [0.2, 0.25) is 0 Å². The van der Waals surface area contributed by atoms with E-state index in [1.807, 2.05) is 0 Å². The molecule has 0 aromatic carbocycles. The summed E-state index contributed by atoms with van der Waals surface area (Å²) in [4.78, 5) is 7.06. The predicted octanol–water partition coefficient (Wildman–Crippen LogP) is 0.512. The van der Waals surface area contributed by atoms with Crippen LogP contribution in [0.3, 0.4) is 0 Å². The van der Waals surface area contributed by atoms with E-state index in [4.69, 9.17) is 10.9 Å². The zero-order valence-electron chi connectivity index (χ0n) is 7.77. The fourth-order valence-corrected chi connectivity index (χ4v) is 0.746. The summed E-state index contributed by atoms with van der Waals surface area (Å²) >= 11 is 0. The zero-order chi connectivity index (χ0) is 12.2. The first-order chi connectivity index (χ1) is 7.42. The molecular formula is C7H7F3N4O2. The number of rotatable bonds is 3. The molecule has 1 aromatic rings. The monoisotopic (exact) mass is 236 g/mol. The van der Waals surface area contributed by atoms with Crippen molar-refractivity contribution in [3.63, 3.8) is 0 Å². The molecule has 88 valence electrons. The van der Waals surface area contributed by atoms with Gasteiger partial charge in [-0.1, -0.05) is 5.16 Å². The summed E-state index contributed by atoms with van der Waals surface area (Å²) in [6.07, 6.45) is -3.33. The number of oxime groups is 1. The minimum atomic E-state index is -4.46. The van der Waals surface area contributed by atoms with Gasteiger partial charge in [0, 0.05) is 12.3 Å². The molecule has 9 heteroatoms. The van der Waals surface area contributed by atoms with Crippen molar-refractivity contribution in [2.75, 3.05) is 6.61 Å². The highest BCUT2D eigenvalue weighted by atomic mass is 19.4. The van der Waals surface area contributed by atoms with Crippen LogP contribution in [0.25, 0.3) is 0 Å². The van der Waals surface area contributed by atoms with Crippen molar-refractivity contribution in [3.05, 3.63) is 18.1 Å². The van der Waals surface area contributed by atoms with Gasteiger partial charge in [0.15, 0.2) is 6.61 Å². The van der Waals surface area contributed by atoms with Gasteiger partial charge in [-0.2, -0.15) is 18.2 Å². The van der Waals surface area contributed by atoms with Crippen molar-refractivity contribution in [2.45, 2.75) is 6.18 Å². The van der Waals surface area contributed by atoms with Crippen molar-refractivity contribution >= 4 is 5.84 Å². The SMILES string of the molecule is N/C(=N/O)c1nccc(OCC(F)(F)F)n1. The van der Waals surface area contributed by atoms with E-state index >= 15 is 0 Å². The van der Waals surface area contributed by atoms with E-state index in [9.17, 15) is 13.2 Å². The van der Waals surface area contributed by atoms with Crippen LogP contribution in [0.5, 0.6) is 5.88 Å². The molecule has 1 heterocycles. The van der Waals surface area contributed by atoms with Gasteiger partial charge >= 0.3 is 6.18 Å². The Morgan fingerprint density at radius 2 is 2.25 bits per heavy atom. The van der Waals surface area contributed by atoms with E-state index < -0.39 is 18.6 Å². The Labute approximate surface area is 87.6 Å². The third-order valence-corrected chi connectivity index (χ3v) is 1.35. The summed E-state index contributed by atoms with van der Waals surface area (Å²) in [5, 5.41) is 10.9. The maximum atomic E-state index is 11.8. The first-order valence-corrected chi connectivity index (χ1v) is 3.93. The number of amidine groups is 1. The maximum absolute atomic E-state index is 11.8. The van der Waals surface area contributed by atoms with Gasteiger partial charge in [-0.25, -0.2) is 4.98 Å². The molecule has 0 aliphatic rings. The van der Waals surface area contributed by atoms with Crippen molar-refractivity contribution in [2.24, 2.45) is 10.9 Å². The first-order valence-electron chi connectivity index (χ1n) is 3.93. The number of hydrogen-bond donors (Lipinski definition) is 2. The Morgan fingerprint density at radius 3 is 2.81 bits per heavy atom. The number of hydrogen-bond acceptors (Lipinski definition) is 5. The van der Waals surface area contributed by atoms with Crippen LogP contribution in [0, 0.1) is 0 Å². The Morgan fingerprint density at radius 1 is 1.56 bits per heavy atom. The molecule has 0 aliphatic carbocycles. The number of alkyl halides is 3. The fraction of sp³-hybridized carbons (Fsp3) is 0.286. The van der Waals surface area contributed by atoms with Crippen LogP contribution >= 0.6 is 0 Å². The number of nitrogens with zero attached hydrogens (tertiary/aromatic N) is 3. The standard InChI is InChI=1S/C7H7F3N4O2/c8-7(9,10)3-16-4-1-2-12-6(13-4)5(11)14-15/h1-2,15H,3H2,(H2,11,14). The molecular weight excluding hydrogens is 229 g/mol. The Hall–Kier alpha value is -2.06. The van der Waals surface area contributed by atoms with Crippen LogP contribution in [0.1, 0.15) is 5.82 Å². The minimum Gasteiger partial charge on any atom is -0.468 e. The number of nitrogens with two attached hydrogens (primary N) is 1. The highest BCUT2D eigenvalue weighted by Gasteiger charge is 2.28. The van der Waals surface area contributed by atoms with Gasteiger partial charge in [-0.05, 0) is 0 Å². The third-order valence-electron chi connectivity index (χ3n) is 1.35. The highest BCUT2D eigenvalue weighted by Crippen LogP contribution is 2.16. The van der Waals surface area contributed by atoms with E-state index in [-0.39, 0.29) is 11.7 Å². The van der Waals surface area contributed by atoms with E-state index in [2.05, 4.69) is 19.9 Å². The molecule has 6 nitrogen and oxygen atoms in total. The highest BCUT2D eigenvalue weighted by molar-refractivity contribution is 5.93. The van der Waals surface area contributed by atoms with Gasteiger partial charge in [0.25, 0.3) is 0 Å². The molecule has 1 rings (SSSR count). The molecule has 0 amide bonds. The molecule has 16 heavy (non-hydrogen) atoms. The normalized spacial score (nSPS) is 12.6. The minimum absolute atomic E-state index is 0.220. The molecule has 0 unspecified atom stereocenters. The number of ether oxygens (including phenoxy) is 1. The number of halogens is 3. The predicted molar refractivity (Wildman–Crippen MR) is 46.1 cm³/mol. The Kier molecular flexibility index (Phi) is 3.48.